The maximum absolute atomic E-state index is 14.0. The van der Waals surface area contributed by atoms with Gasteiger partial charge in [-0.3, -0.25) is 29.5 Å². The Balaban J connectivity index is 1.17. The minimum Gasteiger partial charge on any atom is -0.271 e. The van der Waals surface area contributed by atoms with Crippen LogP contribution in [0.15, 0.2) is 93.8 Å². The van der Waals surface area contributed by atoms with Crippen molar-refractivity contribution in [3.63, 3.8) is 0 Å². The Morgan fingerprint density at radius 1 is 0.935 bits per heavy atom. The molecule has 0 aromatic heterocycles. The number of nitrogens with zero attached hydrogens (tertiary/aromatic N) is 7. The number of hydrogen-bond acceptors (Lipinski definition) is 9. The van der Waals surface area contributed by atoms with Gasteiger partial charge >= 0.3 is 0 Å². The SMILES string of the molecule is O=C1[C@@H]2N=NN(CC(=O)N3N=C4/C(=C/c5ccc(F)cc5)CCC[C@@H]4[C@H]3c3ccc(F)cc3)[C@H]2C(=O)N1c1ccc([N+](=O)[O-])cc1. The van der Waals surface area contributed by atoms with Gasteiger partial charge in [-0.15, -0.1) is 0 Å². The number of anilines is 1. The fourth-order valence-electron chi connectivity index (χ4n) is 6.50. The minimum atomic E-state index is -1.18. The third kappa shape index (κ3) is 5.01. The summed E-state index contributed by atoms with van der Waals surface area (Å²) in [6.45, 7) is -0.421. The van der Waals surface area contributed by atoms with Crippen molar-refractivity contribution in [3.8, 4) is 0 Å². The molecule has 46 heavy (non-hydrogen) atoms. The van der Waals surface area contributed by atoms with Crippen molar-refractivity contribution in [2.75, 3.05) is 11.4 Å². The maximum atomic E-state index is 14.0. The van der Waals surface area contributed by atoms with Gasteiger partial charge in [-0.25, -0.2) is 18.7 Å². The van der Waals surface area contributed by atoms with E-state index in [4.69, 9.17) is 5.10 Å². The van der Waals surface area contributed by atoms with Crippen molar-refractivity contribution in [1.29, 1.82) is 0 Å². The number of nitro benzene ring substituents is 1. The van der Waals surface area contributed by atoms with E-state index in [0.29, 0.717) is 17.7 Å². The Morgan fingerprint density at radius 2 is 1.61 bits per heavy atom. The van der Waals surface area contributed by atoms with Gasteiger partial charge in [0.1, 0.15) is 18.2 Å². The van der Waals surface area contributed by atoms with Gasteiger partial charge < -0.3 is 0 Å². The van der Waals surface area contributed by atoms with E-state index in [0.717, 1.165) is 33.9 Å². The number of imide groups is 1. The molecule has 3 heterocycles. The molecule has 14 heteroatoms. The van der Waals surface area contributed by atoms with Crippen LogP contribution in [0.25, 0.3) is 6.08 Å². The molecule has 0 bridgehead atoms. The highest BCUT2D eigenvalue weighted by Gasteiger charge is 2.55. The lowest BCUT2D eigenvalue weighted by Crippen LogP contribution is -2.45. The van der Waals surface area contributed by atoms with Gasteiger partial charge in [-0.05, 0) is 78.4 Å². The van der Waals surface area contributed by atoms with E-state index < -0.39 is 53.1 Å². The number of fused-ring (bicyclic) bond motifs is 2. The summed E-state index contributed by atoms with van der Waals surface area (Å²) in [6.07, 6.45) is 4.16. The first-order chi connectivity index (χ1) is 22.2. The van der Waals surface area contributed by atoms with Crippen LogP contribution < -0.4 is 4.90 Å². The number of non-ortho nitro benzene ring substituents is 1. The number of nitro groups is 1. The number of rotatable bonds is 6. The van der Waals surface area contributed by atoms with E-state index in [1.54, 1.807) is 24.3 Å². The summed E-state index contributed by atoms with van der Waals surface area (Å²) in [5.74, 6) is -2.81. The fourth-order valence-corrected chi connectivity index (χ4v) is 6.50. The topological polar surface area (TPSA) is 141 Å². The second-order valence-electron chi connectivity index (χ2n) is 11.4. The number of allylic oxidation sites excluding steroid dienone is 1. The molecular formula is C32H25F2N7O5. The quantitative estimate of drug-likeness (QED) is 0.215. The van der Waals surface area contributed by atoms with E-state index in [1.807, 2.05) is 6.08 Å². The first-order valence-electron chi connectivity index (χ1n) is 14.6. The van der Waals surface area contributed by atoms with E-state index in [-0.39, 0.29) is 23.1 Å². The van der Waals surface area contributed by atoms with Crippen LogP contribution in [0.5, 0.6) is 0 Å². The molecule has 1 saturated carbocycles. The molecule has 0 spiro atoms. The van der Waals surface area contributed by atoms with Crippen LogP contribution in [0.4, 0.5) is 20.2 Å². The first-order valence-corrected chi connectivity index (χ1v) is 14.6. The average molecular weight is 626 g/mol. The van der Waals surface area contributed by atoms with Gasteiger partial charge in [0.2, 0.25) is 0 Å². The molecule has 3 aromatic rings. The summed E-state index contributed by atoms with van der Waals surface area (Å²) in [5, 5.41) is 26.3. The van der Waals surface area contributed by atoms with Crippen molar-refractivity contribution >= 4 is 40.9 Å². The van der Waals surface area contributed by atoms with Crippen LogP contribution in [0, 0.1) is 27.7 Å². The number of hydrogen-bond donors (Lipinski definition) is 0. The second-order valence-corrected chi connectivity index (χ2v) is 11.4. The van der Waals surface area contributed by atoms with Crippen molar-refractivity contribution in [3.05, 3.63) is 111 Å². The molecule has 3 aliphatic heterocycles. The third-order valence-electron chi connectivity index (χ3n) is 8.65. The number of benzene rings is 3. The normalized spacial score (nSPS) is 24.4. The number of carbonyl (C=O) groups is 3. The Morgan fingerprint density at radius 3 is 2.28 bits per heavy atom. The zero-order chi connectivity index (χ0) is 32.1. The minimum absolute atomic E-state index is 0.142. The molecule has 0 radical (unpaired) electrons. The highest BCUT2D eigenvalue weighted by atomic mass is 19.1. The summed E-state index contributed by atoms with van der Waals surface area (Å²) >= 11 is 0. The molecule has 4 aliphatic rings. The molecule has 4 atom stereocenters. The van der Waals surface area contributed by atoms with Crippen molar-refractivity contribution in [2.24, 2.45) is 21.4 Å². The molecule has 0 unspecified atom stereocenters. The van der Waals surface area contributed by atoms with Gasteiger partial charge in [0.05, 0.1) is 22.4 Å². The second kappa shape index (κ2) is 11.4. The lowest BCUT2D eigenvalue weighted by atomic mass is 9.77. The van der Waals surface area contributed by atoms with Crippen LogP contribution in [-0.4, -0.2) is 57.0 Å². The van der Waals surface area contributed by atoms with Crippen molar-refractivity contribution in [2.45, 2.75) is 37.4 Å². The maximum Gasteiger partial charge on any atom is 0.269 e. The highest BCUT2D eigenvalue weighted by Crippen LogP contribution is 2.45. The van der Waals surface area contributed by atoms with Gasteiger partial charge in [0.15, 0.2) is 12.1 Å². The predicted octanol–water partition coefficient (Wildman–Crippen LogP) is 4.99. The molecule has 0 N–H and O–H groups in total. The molecule has 232 valence electrons. The zero-order valence-corrected chi connectivity index (χ0v) is 24.1. The summed E-state index contributed by atoms with van der Waals surface area (Å²) < 4.78 is 27.4. The van der Waals surface area contributed by atoms with E-state index in [1.165, 1.54) is 53.5 Å². The smallest absolute Gasteiger partial charge is 0.269 e. The fraction of sp³-hybridized carbons (Fsp3) is 0.250. The summed E-state index contributed by atoms with van der Waals surface area (Å²) in [7, 11) is 0. The third-order valence-corrected chi connectivity index (χ3v) is 8.65. The highest BCUT2D eigenvalue weighted by molar-refractivity contribution is 6.25. The van der Waals surface area contributed by atoms with Crippen molar-refractivity contribution in [1.82, 2.24) is 10.0 Å². The van der Waals surface area contributed by atoms with E-state index in [9.17, 15) is 33.3 Å². The van der Waals surface area contributed by atoms with Gasteiger partial charge in [0.25, 0.3) is 23.4 Å². The number of hydrazone groups is 1. The molecule has 12 nitrogen and oxygen atoms in total. The average Bonchev–Trinajstić information content (AvgIpc) is 3.72. The van der Waals surface area contributed by atoms with E-state index >= 15 is 0 Å². The van der Waals surface area contributed by atoms with Crippen LogP contribution >= 0.6 is 0 Å². The monoisotopic (exact) mass is 625 g/mol. The standard InChI is InChI=1S/C32H25F2N7O5/c33-21-8-4-18(5-9-21)16-20-2-1-3-25-27(20)36-40(29(25)19-6-10-22(34)11-7-19)26(42)17-38-30-28(35-37-38)31(43)39(32(30)44)23-12-14-24(15-13-23)41(45)46/h4-16,25,28-30H,1-3,17H2/b20-16+/t25-,28+,29+,30+/m0/s1. The zero-order valence-electron chi connectivity index (χ0n) is 24.1. The molecule has 1 aliphatic carbocycles. The molecule has 1 saturated heterocycles. The number of carbonyl (C=O) groups excluding carboxylic acids is 3. The largest absolute Gasteiger partial charge is 0.271 e. The molecule has 3 aromatic carbocycles. The van der Waals surface area contributed by atoms with Gasteiger partial charge in [-0.1, -0.05) is 29.5 Å². The molecular weight excluding hydrogens is 600 g/mol. The predicted molar refractivity (Wildman–Crippen MR) is 160 cm³/mol. The number of halogens is 2. The Labute approximate surface area is 260 Å². The van der Waals surface area contributed by atoms with Crippen LogP contribution in [0.2, 0.25) is 0 Å². The van der Waals surface area contributed by atoms with Crippen LogP contribution in [0.3, 0.4) is 0 Å². The Kier molecular flexibility index (Phi) is 7.18. The van der Waals surface area contributed by atoms with Gasteiger partial charge in [-0.2, -0.15) is 10.2 Å². The number of amides is 3. The first kappa shape index (κ1) is 29.1. The summed E-state index contributed by atoms with van der Waals surface area (Å²) in [6, 6.07) is 14.0. The summed E-state index contributed by atoms with van der Waals surface area (Å²) in [5.41, 5.74) is 3.02. The molecule has 3 amide bonds. The lowest BCUT2D eigenvalue weighted by molar-refractivity contribution is -0.384. The molecule has 2 fully saturated rings. The van der Waals surface area contributed by atoms with Crippen LogP contribution in [-0.2, 0) is 14.4 Å². The van der Waals surface area contributed by atoms with Gasteiger partial charge in [0, 0.05) is 18.1 Å². The van der Waals surface area contributed by atoms with Crippen LogP contribution in [0.1, 0.15) is 36.4 Å². The Bertz CT molecular complexity index is 1840. The Hall–Kier alpha value is -5.66. The molecule has 7 rings (SSSR count). The summed E-state index contributed by atoms with van der Waals surface area (Å²) in [4.78, 5) is 52.0. The van der Waals surface area contributed by atoms with Crippen molar-refractivity contribution < 1.29 is 28.1 Å². The lowest BCUT2D eigenvalue weighted by Gasteiger charge is -2.30. The van der Waals surface area contributed by atoms with E-state index in [2.05, 4.69) is 10.3 Å².